The van der Waals surface area contributed by atoms with Gasteiger partial charge in [-0.3, -0.25) is 0 Å². The van der Waals surface area contributed by atoms with Crippen LogP contribution in [0.3, 0.4) is 0 Å². The highest BCUT2D eigenvalue weighted by Gasteiger charge is 2.22. The number of ether oxygens (including phenoxy) is 2. The molecular weight excluding hydrogens is 228 g/mol. The van der Waals surface area contributed by atoms with Gasteiger partial charge in [-0.2, -0.15) is 0 Å². The Hall–Kier alpha value is -1.42. The summed E-state index contributed by atoms with van der Waals surface area (Å²) in [6.45, 7) is 4.14. The van der Waals surface area contributed by atoms with Crippen LogP contribution in [0.1, 0.15) is 12.0 Å². The Labute approximate surface area is 109 Å². The number of nitrogens with zero attached hydrogens (tertiary/aromatic N) is 1. The van der Waals surface area contributed by atoms with Crippen LogP contribution < -0.4 is 19.7 Å². The van der Waals surface area contributed by atoms with Gasteiger partial charge in [-0.1, -0.05) is 0 Å². The van der Waals surface area contributed by atoms with Crippen LogP contribution in [-0.4, -0.2) is 40.4 Å². The lowest BCUT2D eigenvalue weighted by molar-refractivity contribution is 0.400. The summed E-state index contributed by atoms with van der Waals surface area (Å²) in [7, 11) is 5.53. The van der Waals surface area contributed by atoms with E-state index >= 15 is 0 Å². The van der Waals surface area contributed by atoms with Crippen LogP contribution in [0.15, 0.2) is 12.1 Å². The van der Waals surface area contributed by atoms with Crippen molar-refractivity contribution in [2.75, 3.05) is 39.3 Å². The standard InChI is InChI=1S/C14H22N2O2/c1-10-7-14(18-4)12(8-13(10)17-3)16(2)11-5-6-15-9-11/h7-8,11,15H,5-6,9H2,1-4H3. The molecule has 2 rings (SSSR count). The monoisotopic (exact) mass is 250 g/mol. The maximum atomic E-state index is 5.49. The number of hydrogen-bond donors (Lipinski definition) is 1. The van der Waals surface area contributed by atoms with E-state index in [4.69, 9.17) is 9.47 Å². The summed E-state index contributed by atoms with van der Waals surface area (Å²) >= 11 is 0. The fourth-order valence-corrected chi connectivity index (χ4v) is 2.48. The molecule has 1 saturated heterocycles. The Morgan fingerprint density at radius 1 is 1.22 bits per heavy atom. The molecule has 0 bridgehead atoms. The van der Waals surface area contributed by atoms with E-state index in [1.165, 1.54) is 0 Å². The highest BCUT2D eigenvalue weighted by molar-refractivity contribution is 5.64. The zero-order valence-electron chi connectivity index (χ0n) is 11.6. The summed E-state index contributed by atoms with van der Waals surface area (Å²) in [6, 6.07) is 4.62. The molecule has 1 aliphatic heterocycles. The second-order valence-corrected chi connectivity index (χ2v) is 4.75. The molecule has 0 radical (unpaired) electrons. The minimum absolute atomic E-state index is 0.520. The predicted octanol–water partition coefficient (Wildman–Crippen LogP) is 1.81. The van der Waals surface area contributed by atoms with Gasteiger partial charge in [0, 0.05) is 25.7 Å². The molecule has 1 aromatic rings. The first-order chi connectivity index (χ1) is 8.67. The third-order valence-corrected chi connectivity index (χ3v) is 3.66. The van der Waals surface area contributed by atoms with Gasteiger partial charge >= 0.3 is 0 Å². The van der Waals surface area contributed by atoms with Crippen LogP contribution in [0, 0.1) is 6.92 Å². The summed E-state index contributed by atoms with van der Waals surface area (Å²) in [5.74, 6) is 1.81. The normalized spacial score (nSPS) is 18.8. The third kappa shape index (κ3) is 2.38. The van der Waals surface area contributed by atoms with Gasteiger partial charge in [0.15, 0.2) is 0 Å². The first-order valence-electron chi connectivity index (χ1n) is 6.33. The molecule has 18 heavy (non-hydrogen) atoms. The number of anilines is 1. The minimum Gasteiger partial charge on any atom is -0.496 e. The fourth-order valence-electron chi connectivity index (χ4n) is 2.48. The number of methoxy groups -OCH3 is 2. The van der Waals surface area contributed by atoms with E-state index in [1.807, 2.05) is 13.0 Å². The van der Waals surface area contributed by atoms with Crippen LogP contribution in [0.2, 0.25) is 0 Å². The number of likely N-dealkylation sites (N-methyl/N-ethyl adjacent to an activating group) is 1. The number of nitrogens with one attached hydrogen (secondary N) is 1. The van der Waals surface area contributed by atoms with E-state index in [0.717, 1.165) is 42.3 Å². The number of rotatable bonds is 4. The van der Waals surface area contributed by atoms with Crippen LogP contribution in [0.4, 0.5) is 5.69 Å². The quantitative estimate of drug-likeness (QED) is 0.883. The molecule has 1 heterocycles. The van der Waals surface area contributed by atoms with Crippen molar-refractivity contribution in [2.45, 2.75) is 19.4 Å². The van der Waals surface area contributed by atoms with Crippen molar-refractivity contribution in [2.24, 2.45) is 0 Å². The first-order valence-corrected chi connectivity index (χ1v) is 6.33. The van der Waals surface area contributed by atoms with Crippen LogP contribution in [0.5, 0.6) is 11.5 Å². The summed E-state index contributed by atoms with van der Waals surface area (Å²) in [5.41, 5.74) is 2.18. The van der Waals surface area contributed by atoms with Gasteiger partial charge in [-0.05, 0) is 31.5 Å². The Balaban J connectivity index is 2.34. The lowest BCUT2D eigenvalue weighted by atomic mass is 10.1. The maximum absolute atomic E-state index is 5.49. The van der Waals surface area contributed by atoms with Gasteiger partial charge in [0.1, 0.15) is 11.5 Å². The van der Waals surface area contributed by atoms with Gasteiger partial charge in [0.05, 0.1) is 19.9 Å². The molecule has 1 N–H and O–H groups in total. The van der Waals surface area contributed by atoms with E-state index in [9.17, 15) is 0 Å². The number of aryl methyl sites for hydroxylation is 1. The van der Waals surface area contributed by atoms with Gasteiger partial charge in [-0.15, -0.1) is 0 Å². The summed E-state index contributed by atoms with van der Waals surface area (Å²) in [4.78, 5) is 2.28. The second kappa shape index (κ2) is 5.48. The molecular formula is C14H22N2O2. The molecule has 4 nitrogen and oxygen atoms in total. The molecule has 1 aliphatic rings. The average molecular weight is 250 g/mol. The van der Waals surface area contributed by atoms with Crippen LogP contribution in [0.25, 0.3) is 0 Å². The second-order valence-electron chi connectivity index (χ2n) is 4.75. The zero-order valence-corrected chi connectivity index (χ0v) is 11.6. The van der Waals surface area contributed by atoms with Crippen molar-refractivity contribution in [3.05, 3.63) is 17.7 Å². The van der Waals surface area contributed by atoms with Gasteiger partial charge in [0.2, 0.25) is 0 Å². The van der Waals surface area contributed by atoms with Crippen molar-refractivity contribution in [1.82, 2.24) is 5.32 Å². The predicted molar refractivity (Wildman–Crippen MR) is 74.0 cm³/mol. The molecule has 1 aromatic carbocycles. The van der Waals surface area contributed by atoms with E-state index in [1.54, 1.807) is 14.2 Å². The van der Waals surface area contributed by atoms with Crippen molar-refractivity contribution in [3.8, 4) is 11.5 Å². The largest absolute Gasteiger partial charge is 0.496 e. The van der Waals surface area contributed by atoms with Gasteiger partial charge in [0.25, 0.3) is 0 Å². The van der Waals surface area contributed by atoms with E-state index in [0.29, 0.717) is 6.04 Å². The minimum atomic E-state index is 0.520. The number of hydrogen-bond acceptors (Lipinski definition) is 4. The van der Waals surface area contributed by atoms with Crippen LogP contribution >= 0.6 is 0 Å². The molecule has 1 unspecified atom stereocenters. The van der Waals surface area contributed by atoms with E-state index < -0.39 is 0 Å². The molecule has 0 saturated carbocycles. The Bertz CT molecular complexity index is 415. The summed E-state index contributed by atoms with van der Waals surface area (Å²) in [5, 5.41) is 3.39. The summed E-state index contributed by atoms with van der Waals surface area (Å²) in [6.07, 6.45) is 1.16. The fraction of sp³-hybridized carbons (Fsp3) is 0.571. The van der Waals surface area contributed by atoms with E-state index in [2.05, 4.69) is 23.3 Å². The molecule has 0 aliphatic carbocycles. The first kappa shape index (κ1) is 13.0. The molecule has 1 atom stereocenters. The van der Waals surface area contributed by atoms with Crippen LogP contribution in [-0.2, 0) is 0 Å². The molecule has 0 amide bonds. The van der Waals surface area contributed by atoms with Crippen molar-refractivity contribution < 1.29 is 9.47 Å². The molecule has 100 valence electrons. The van der Waals surface area contributed by atoms with Gasteiger partial charge < -0.3 is 19.7 Å². The molecule has 4 heteroatoms. The lowest BCUT2D eigenvalue weighted by Gasteiger charge is -2.28. The lowest BCUT2D eigenvalue weighted by Crippen LogP contribution is -2.33. The zero-order chi connectivity index (χ0) is 13.1. The smallest absolute Gasteiger partial charge is 0.142 e. The Morgan fingerprint density at radius 2 is 1.94 bits per heavy atom. The molecule has 0 aromatic heterocycles. The number of benzene rings is 1. The van der Waals surface area contributed by atoms with E-state index in [-0.39, 0.29) is 0 Å². The van der Waals surface area contributed by atoms with Crippen molar-refractivity contribution >= 4 is 5.69 Å². The van der Waals surface area contributed by atoms with Crippen molar-refractivity contribution in [1.29, 1.82) is 0 Å². The topological polar surface area (TPSA) is 33.7 Å². The molecule has 1 fully saturated rings. The maximum Gasteiger partial charge on any atom is 0.142 e. The van der Waals surface area contributed by atoms with Crippen molar-refractivity contribution in [3.63, 3.8) is 0 Å². The highest BCUT2D eigenvalue weighted by Crippen LogP contribution is 2.35. The Morgan fingerprint density at radius 3 is 2.50 bits per heavy atom. The van der Waals surface area contributed by atoms with Gasteiger partial charge in [-0.25, -0.2) is 0 Å². The molecule has 0 spiro atoms. The SMILES string of the molecule is COc1cc(N(C)C2CCNC2)c(OC)cc1C. The highest BCUT2D eigenvalue weighted by atomic mass is 16.5. The third-order valence-electron chi connectivity index (χ3n) is 3.66. The Kier molecular flexibility index (Phi) is 3.97. The average Bonchev–Trinajstić information content (AvgIpc) is 2.91. The summed E-state index contributed by atoms with van der Waals surface area (Å²) < 4.78 is 10.9.